The van der Waals surface area contributed by atoms with E-state index in [0.717, 1.165) is 5.56 Å². The average molecular weight is 489 g/mol. The molecule has 4 aromatic rings. The Balaban J connectivity index is 2.05. The highest BCUT2D eigenvalue weighted by molar-refractivity contribution is 7.89. The maximum absolute atomic E-state index is 12.5. The van der Waals surface area contributed by atoms with Crippen LogP contribution in [0.2, 0.25) is 10.0 Å². The number of aromatic nitrogens is 1. The number of nitrogens with zero attached hydrogens (tertiary/aromatic N) is 1. The molecule has 32 heavy (non-hydrogen) atoms. The van der Waals surface area contributed by atoms with E-state index in [1.165, 1.54) is 25.8 Å². The van der Waals surface area contributed by atoms with Gasteiger partial charge in [0.2, 0.25) is 10.0 Å². The van der Waals surface area contributed by atoms with Crippen molar-refractivity contribution in [3.63, 3.8) is 0 Å². The van der Waals surface area contributed by atoms with Crippen molar-refractivity contribution in [2.24, 2.45) is 5.14 Å². The van der Waals surface area contributed by atoms with E-state index < -0.39 is 10.0 Å². The van der Waals surface area contributed by atoms with E-state index in [1.807, 2.05) is 30.3 Å². The summed E-state index contributed by atoms with van der Waals surface area (Å²) in [5.41, 5.74) is 3.24. The van der Waals surface area contributed by atoms with Crippen LogP contribution < -0.4 is 9.88 Å². The molecule has 2 N–H and O–H groups in total. The fourth-order valence-electron chi connectivity index (χ4n) is 3.64. The molecule has 0 spiro atoms. The van der Waals surface area contributed by atoms with Gasteiger partial charge in [0, 0.05) is 5.56 Å². The molecule has 0 aliphatic carbocycles. The molecule has 0 saturated carbocycles. The molecular weight excluding hydrogens is 471 g/mol. The van der Waals surface area contributed by atoms with Gasteiger partial charge in [0.15, 0.2) is 17.9 Å². The standard InChI is InChI=1S/C23H18Cl2N2O4S/c1-30-23-18(24)10-15(11-19(23)25)16-7-8-21(32(26,28)29)17(9-14-5-3-2-4-6-14)22(16)20-12-27-13-31-20/h2-8,10-13H,9H2,1H3,(H2,26,28,29). The highest BCUT2D eigenvalue weighted by atomic mass is 35.5. The lowest BCUT2D eigenvalue weighted by molar-refractivity contribution is 0.415. The van der Waals surface area contributed by atoms with Crippen LogP contribution in [0.25, 0.3) is 22.5 Å². The molecule has 0 saturated heterocycles. The Kier molecular flexibility index (Phi) is 6.26. The summed E-state index contributed by atoms with van der Waals surface area (Å²) in [6, 6.07) is 16.0. The summed E-state index contributed by atoms with van der Waals surface area (Å²) < 4.78 is 35.8. The fraction of sp³-hybridized carbons (Fsp3) is 0.0870. The molecule has 1 heterocycles. The van der Waals surface area contributed by atoms with Gasteiger partial charge in [-0.3, -0.25) is 0 Å². The molecule has 0 atom stereocenters. The van der Waals surface area contributed by atoms with Crippen molar-refractivity contribution in [2.45, 2.75) is 11.3 Å². The van der Waals surface area contributed by atoms with E-state index in [-0.39, 0.29) is 4.90 Å². The van der Waals surface area contributed by atoms with Crippen molar-refractivity contribution in [2.75, 3.05) is 7.11 Å². The summed E-state index contributed by atoms with van der Waals surface area (Å²) in [7, 11) is -2.55. The van der Waals surface area contributed by atoms with Gasteiger partial charge >= 0.3 is 0 Å². The first-order valence-electron chi connectivity index (χ1n) is 9.44. The molecule has 0 fully saturated rings. The number of hydrogen-bond donors (Lipinski definition) is 1. The number of hydrogen-bond acceptors (Lipinski definition) is 5. The van der Waals surface area contributed by atoms with Crippen molar-refractivity contribution in [3.8, 4) is 28.2 Å². The van der Waals surface area contributed by atoms with Gasteiger partial charge in [-0.15, -0.1) is 0 Å². The first kappa shape index (κ1) is 22.4. The van der Waals surface area contributed by atoms with Gasteiger partial charge in [-0.1, -0.05) is 59.6 Å². The van der Waals surface area contributed by atoms with E-state index in [0.29, 0.717) is 50.2 Å². The lowest BCUT2D eigenvalue weighted by Gasteiger charge is -2.18. The largest absolute Gasteiger partial charge is 0.494 e. The predicted octanol–water partition coefficient (Wildman–Crippen LogP) is 5.56. The number of benzene rings is 3. The van der Waals surface area contributed by atoms with Crippen LogP contribution in [0.3, 0.4) is 0 Å². The van der Waals surface area contributed by atoms with E-state index in [4.69, 9.17) is 37.5 Å². The van der Waals surface area contributed by atoms with Crippen molar-refractivity contribution in [1.82, 2.24) is 4.98 Å². The Labute approximate surface area is 195 Å². The van der Waals surface area contributed by atoms with Gasteiger partial charge in [-0.25, -0.2) is 18.5 Å². The molecule has 6 nitrogen and oxygen atoms in total. The van der Waals surface area contributed by atoms with Gasteiger partial charge in [-0.05, 0) is 46.9 Å². The van der Waals surface area contributed by atoms with Crippen molar-refractivity contribution in [3.05, 3.63) is 88.4 Å². The van der Waals surface area contributed by atoms with Crippen molar-refractivity contribution in [1.29, 1.82) is 0 Å². The molecule has 0 aliphatic heterocycles. The zero-order chi connectivity index (χ0) is 22.9. The molecule has 0 bridgehead atoms. The van der Waals surface area contributed by atoms with Crippen LogP contribution in [-0.4, -0.2) is 20.5 Å². The number of halogens is 2. The van der Waals surface area contributed by atoms with Crippen molar-refractivity contribution < 1.29 is 17.6 Å². The molecule has 0 aliphatic rings. The van der Waals surface area contributed by atoms with Gasteiger partial charge in [0.25, 0.3) is 0 Å². The molecular formula is C23H18Cl2N2O4S. The zero-order valence-electron chi connectivity index (χ0n) is 16.9. The highest BCUT2D eigenvalue weighted by Gasteiger charge is 2.24. The number of oxazole rings is 1. The third-order valence-electron chi connectivity index (χ3n) is 4.99. The topological polar surface area (TPSA) is 95.4 Å². The molecule has 1 aromatic heterocycles. The number of rotatable bonds is 6. The van der Waals surface area contributed by atoms with Crippen LogP contribution >= 0.6 is 23.2 Å². The van der Waals surface area contributed by atoms with Crippen LogP contribution in [0.15, 0.2) is 76.5 Å². The first-order valence-corrected chi connectivity index (χ1v) is 11.7. The lowest BCUT2D eigenvalue weighted by Crippen LogP contribution is -2.16. The minimum Gasteiger partial charge on any atom is -0.494 e. The summed E-state index contributed by atoms with van der Waals surface area (Å²) in [6.45, 7) is 0. The van der Waals surface area contributed by atoms with Gasteiger partial charge in [-0.2, -0.15) is 0 Å². The Morgan fingerprint density at radius 3 is 2.31 bits per heavy atom. The molecule has 3 aromatic carbocycles. The van der Waals surface area contributed by atoms with Gasteiger partial charge in [0.1, 0.15) is 0 Å². The SMILES string of the molecule is COc1c(Cl)cc(-c2ccc(S(N)(=O)=O)c(Cc3ccccc3)c2-c2cnco2)cc1Cl. The quantitative estimate of drug-likeness (QED) is 0.383. The maximum Gasteiger partial charge on any atom is 0.238 e. The second-order valence-electron chi connectivity index (χ2n) is 7.01. The normalized spacial score (nSPS) is 11.5. The second-order valence-corrected chi connectivity index (χ2v) is 9.36. The predicted molar refractivity (Wildman–Crippen MR) is 125 cm³/mol. The summed E-state index contributed by atoms with van der Waals surface area (Å²) in [5.74, 6) is 0.739. The maximum atomic E-state index is 12.5. The summed E-state index contributed by atoms with van der Waals surface area (Å²) in [5, 5.41) is 6.21. The van der Waals surface area contributed by atoms with Gasteiger partial charge < -0.3 is 9.15 Å². The Bertz CT molecular complexity index is 1350. The molecule has 164 valence electrons. The van der Waals surface area contributed by atoms with Crippen LogP contribution in [0.1, 0.15) is 11.1 Å². The van der Waals surface area contributed by atoms with Crippen LogP contribution in [0, 0.1) is 0 Å². The van der Waals surface area contributed by atoms with E-state index >= 15 is 0 Å². The Hall–Kier alpha value is -2.84. The van der Waals surface area contributed by atoms with Crippen LogP contribution in [0.4, 0.5) is 0 Å². The van der Waals surface area contributed by atoms with Gasteiger partial charge in [0.05, 0.1) is 28.2 Å². The summed E-state index contributed by atoms with van der Waals surface area (Å²) in [6.07, 6.45) is 3.10. The average Bonchev–Trinajstić information content (AvgIpc) is 3.27. The number of methoxy groups -OCH3 is 1. The number of primary sulfonamides is 1. The van der Waals surface area contributed by atoms with E-state index in [1.54, 1.807) is 18.2 Å². The van der Waals surface area contributed by atoms with E-state index in [9.17, 15) is 8.42 Å². The third-order valence-corrected chi connectivity index (χ3v) is 6.55. The Morgan fingerprint density at radius 1 is 1.06 bits per heavy atom. The number of nitrogens with two attached hydrogens (primary N) is 1. The number of sulfonamides is 1. The van der Waals surface area contributed by atoms with Crippen LogP contribution in [0.5, 0.6) is 5.75 Å². The van der Waals surface area contributed by atoms with Crippen LogP contribution in [-0.2, 0) is 16.4 Å². The smallest absolute Gasteiger partial charge is 0.238 e. The monoisotopic (exact) mass is 488 g/mol. The molecule has 0 unspecified atom stereocenters. The molecule has 4 rings (SSSR count). The summed E-state index contributed by atoms with van der Waals surface area (Å²) in [4.78, 5) is 4.02. The molecule has 9 heteroatoms. The third kappa shape index (κ3) is 4.38. The zero-order valence-corrected chi connectivity index (χ0v) is 19.2. The first-order chi connectivity index (χ1) is 15.3. The number of ether oxygens (including phenoxy) is 1. The lowest BCUT2D eigenvalue weighted by atomic mass is 9.90. The minimum absolute atomic E-state index is 0.00205. The highest BCUT2D eigenvalue weighted by Crippen LogP contribution is 2.43. The molecule has 0 radical (unpaired) electrons. The molecule has 0 amide bonds. The van der Waals surface area contributed by atoms with Crippen molar-refractivity contribution >= 4 is 33.2 Å². The fourth-order valence-corrected chi connectivity index (χ4v) is 5.06. The van der Waals surface area contributed by atoms with E-state index in [2.05, 4.69) is 4.98 Å². The Morgan fingerprint density at radius 2 is 1.75 bits per heavy atom. The summed E-state index contributed by atoms with van der Waals surface area (Å²) >= 11 is 12.7. The second kappa shape index (κ2) is 8.96. The minimum atomic E-state index is -4.03.